The molecule has 0 radical (unpaired) electrons. The second-order valence-electron chi connectivity index (χ2n) is 4.92. The van der Waals surface area contributed by atoms with Gasteiger partial charge in [0.15, 0.2) is 0 Å². The van der Waals surface area contributed by atoms with Gasteiger partial charge in [0.1, 0.15) is 11.3 Å². The molecular formula is C15H16BrN3O2. The van der Waals surface area contributed by atoms with Gasteiger partial charge in [0.25, 0.3) is 5.91 Å². The van der Waals surface area contributed by atoms with Crippen molar-refractivity contribution in [3.8, 4) is 11.6 Å². The molecule has 0 aliphatic heterocycles. The van der Waals surface area contributed by atoms with Crippen LogP contribution in [-0.4, -0.2) is 10.9 Å². The fraction of sp³-hybridized carbons (Fsp3) is 0.200. The molecule has 1 amide bonds. The van der Waals surface area contributed by atoms with Crippen LogP contribution < -0.4 is 16.2 Å². The Morgan fingerprint density at radius 2 is 2.05 bits per heavy atom. The average molecular weight is 350 g/mol. The number of nitrogens with zero attached hydrogens (tertiary/aromatic N) is 1. The number of carbonyl (C=O) groups excluding carboxylic acids is 1. The number of nitrogen functional groups attached to an aromatic ring is 1. The molecule has 0 aliphatic carbocycles. The lowest BCUT2D eigenvalue weighted by Gasteiger charge is -2.15. The van der Waals surface area contributed by atoms with Crippen LogP contribution in [-0.2, 0) is 0 Å². The summed E-state index contributed by atoms with van der Waals surface area (Å²) in [6.45, 7) is 4.11. The van der Waals surface area contributed by atoms with Crippen molar-refractivity contribution in [1.29, 1.82) is 0 Å². The molecule has 110 valence electrons. The minimum atomic E-state index is -0.631. The monoisotopic (exact) mass is 349 g/mol. The molecule has 0 fully saturated rings. The van der Waals surface area contributed by atoms with E-state index in [9.17, 15) is 4.79 Å². The molecule has 2 rings (SSSR count). The predicted molar refractivity (Wildman–Crippen MR) is 85.5 cm³/mol. The number of hydrogen-bond acceptors (Lipinski definition) is 4. The van der Waals surface area contributed by atoms with Crippen molar-refractivity contribution >= 4 is 27.5 Å². The van der Waals surface area contributed by atoms with Crippen LogP contribution in [0.1, 0.15) is 35.7 Å². The molecule has 6 heteroatoms. The highest BCUT2D eigenvalue weighted by atomic mass is 79.9. The number of carbonyl (C=O) groups is 1. The van der Waals surface area contributed by atoms with Crippen LogP contribution >= 0.6 is 15.9 Å². The van der Waals surface area contributed by atoms with Gasteiger partial charge in [-0.3, -0.25) is 4.79 Å². The number of amides is 1. The first-order valence-electron chi connectivity index (χ1n) is 6.41. The Balaban J connectivity index is 2.46. The third kappa shape index (κ3) is 3.52. The van der Waals surface area contributed by atoms with Crippen molar-refractivity contribution in [2.75, 3.05) is 5.73 Å². The van der Waals surface area contributed by atoms with E-state index in [1.807, 2.05) is 18.2 Å². The first kappa shape index (κ1) is 15.3. The molecule has 0 spiro atoms. The molecule has 2 aromatic rings. The Hall–Kier alpha value is -2.08. The number of benzene rings is 1. The van der Waals surface area contributed by atoms with Gasteiger partial charge < -0.3 is 16.2 Å². The Kier molecular flexibility index (Phi) is 4.47. The molecule has 0 atom stereocenters. The maximum atomic E-state index is 11.5. The zero-order valence-corrected chi connectivity index (χ0v) is 13.3. The standard InChI is InChI=1S/C15H16BrN3O2/c1-8(2)11-5-9(16)3-4-13(11)21-15-12(14(18)20)6-10(17)7-19-15/h3-8H,17H2,1-2H3,(H2,18,20). The average Bonchev–Trinajstić information content (AvgIpc) is 2.42. The Bertz CT molecular complexity index is 687. The van der Waals surface area contributed by atoms with Crippen LogP contribution in [0.5, 0.6) is 11.6 Å². The van der Waals surface area contributed by atoms with Crippen molar-refractivity contribution in [2.45, 2.75) is 19.8 Å². The SMILES string of the molecule is CC(C)c1cc(Br)ccc1Oc1ncc(N)cc1C(N)=O. The number of hydrogen-bond donors (Lipinski definition) is 2. The van der Waals surface area contributed by atoms with Crippen molar-refractivity contribution in [1.82, 2.24) is 4.98 Å². The van der Waals surface area contributed by atoms with Crippen LogP contribution in [0, 0.1) is 0 Å². The van der Waals surface area contributed by atoms with Gasteiger partial charge in [-0.1, -0.05) is 29.8 Å². The summed E-state index contributed by atoms with van der Waals surface area (Å²) in [6.07, 6.45) is 1.43. The lowest BCUT2D eigenvalue weighted by molar-refractivity contribution is 0.0997. The topological polar surface area (TPSA) is 91.2 Å². The summed E-state index contributed by atoms with van der Waals surface area (Å²) in [5.74, 6) is 0.408. The lowest BCUT2D eigenvalue weighted by atomic mass is 10.0. The van der Waals surface area contributed by atoms with E-state index in [4.69, 9.17) is 16.2 Å². The number of ether oxygens (including phenoxy) is 1. The van der Waals surface area contributed by atoms with Crippen molar-refractivity contribution in [2.24, 2.45) is 5.73 Å². The summed E-state index contributed by atoms with van der Waals surface area (Å²) in [5.41, 5.74) is 12.5. The van der Waals surface area contributed by atoms with Crippen molar-refractivity contribution < 1.29 is 9.53 Å². The van der Waals surface area contributed by atoms with Gasteiger partial charge in [0.05, 0.1) is 11.9 Å². The van der Waals surface area contributed by atoms with Gasteiger partial charge in [-0.05, 0) is 35.7 Å². The molecule has 0 aliphatic rings. The molecule has 0 unspecified atom stereocenters. The second-order valence-corrected chi connectivity index (χ2v) is 5.84. The number of halogens is 1. The zero-order valence-electron chi connectivity index (χ0n) is 11.8. The first-order chi connectivity index (χ1) is 9.88. The molecule has 4 N–H and O–H groups in total. The number of primary amides is 1. The van der Waals surface area contributed by atoms with E-state index in [0.717, 1.165) is 10.0 Å². The van der Waals surface area contributed by atoms with Crippen LogP contribution in [0.15, 0.2) is 34.9 Å². The molecule has 1 aromatic carbocycles. The first-order valence-corrected chi connectivity index (χ1v) is 7.20. The van der Waals surface area contributed by atoms with Crippen LogP contribution in [0.2, 0.25) is 0 Å². The summed E-state index contributed by atoms with van der Waals surface area (Å²) < 4.78 is 6.74. The van der Waals surface area contributed by atoms with Gasteiger partial charge in [0, 0.05) is 4.47 Å². The fourth-order valence-corrected chi connectivity index (χ4v) is 2.27. The van der Waals surface area contributed by atoms with Gasteiger partial charge in [-0.25, -0.2) is 4.98 Å². The highest BCUT2D eigenvalue weighted by molar-refractivity contribution is 9.10. The minimum Gasteiger partial charge on any atom is -0.438 e. The van der Waals surface area contributed by atoms with Crippen LogP contribution in [0.4, 0.5) is 5.69 Å². The summed E-state index contributed by atoms with van der Waals surface area (Å²) in [5, 5.41) is 0. The number of pyridine rings is 1. The zero-order chi connectivity index (χ0) is 15.6. The number of anilines is 1. The van der Waals surface area contributed by atoms with Gasteiger partial charge in [0.2, 0.25) is 5.88 Å². The molecule has 21 heavy (non-hydrogen) atoms. The third-order valence-corrected chi connectivity index (χ3v) is 3.43. The van der Waals surface area contributed by atoms with Crippen LogP contribution in [0.25, 0.3) is 0 Å². The largest absolute Gasteiger partial charge is 0.438 e. The minimum absolute atomic E-state index is 0.154. The Morgan fingerprint density at radius 1 is 1.33 bits per heavy atom. The van der Waals surface area contributed by atoms with Gasteiger partial charge >= 0.3 is 0 Å². The predicted octanol–water partition coefficient (Wildman–Crippen LogP) is 3.44. The van der Waals surface area contributed by atoms with Gasteiger partial charge in [-0.2, -0.15) is 0 Å². The molecule has 0 bridgehead atoms. The molecule has 1 aromatic heterocycles. The van der Waals surface area contributed by atoms with E-state index in [1.54, 1.807) is 0 Å². The van der Waals surface area contributed by atoms with E-state index in [1.165, 1.54) is 12.3 Å². The third-order valence-electron chi connectivity index (χ3n) is 2.94. The normalized spacial score (nSPS) is 10.7. The van der Waals surface area contributed by atoms with Crippen molar-refractivity contribution in [3.05, 3.63) is 46.1 Å². The van der Waals surface area contributed by atoms with Crippen LogP contribution in [0.3, 0.4) is 0 Å². The number of rotatable bonds is 4. The number of aromatic nitrogens is 1. The second kappa shape index (κ2) is 6.13. The van der Waals surface area contributed by atoms with Crippen molar-refractivity contribution in [3.63, 3.8) is 0 Å². The Morgan fingerprint density at radius 3 is 2.67 bits per heavy atom. The lowest BCUT2D eigenvalue weighted by Crippen LogP contribution is -2.13. The molecule has 0 saturated heterocycles. The van der Waals surface area contributed by atoms with E-state index in [-0.39, 0.29) is 17.4 Å². The van der Waals surface area contributed by atoms with E-state index < -0.39 is 5.91 Å². The summed E-state index contributed by atoms with van der Waals surface area (Å²) >= 11 is 3.44. The fourth-order valence-electron chi connectivity index (χ4n) is 1.89. The van der Waals surface area contributed by atoms with E-state index in [2.05, 4.69) is 34.8 Å². The maximum absolute atomic E-state index is 11.5. The molecule has 0 saturated carbocycles. The Labute approximate surface area is 131 Å². The molecule has 5 nitrogen and oxygen atoms in total. The van der Waals surface area contributed by atoms with E-state index >= 15 is 0 Å². The summed E-state index contributed by atoms with van der Waals surface area (Å²) in [4.78, 5) is 15.5. The quantitative estimate of drug-likeness (QED) is 0.884. The summed E-state index contributed by atoms with van der Waals surface area (Å²) in [7, 11) is 0. The van der Waals surface area contributed by atoms with E-state index in [0.29, 0.717) is 11.4 Å². The van der Waals surface area contributed by atoms with Gasteiger partial charge in [-0.15, -0.1) is 0 Å². The maximum Gasteiger partial charge on any atom is 0.254 e. The smallest absolute Gasteiger partial charge is 0.254 e. The number of nitrogens with two attached hydrogens (primary N) is 2. The highest BCUT2D eigenvalue weighted by Crippen LogP contribution is 2.33. The highest BCUT2D eigenvalue weighted by Gasteiger charge is 2.15. The molecular weight excluding hydrogens is 334 g/mol. The molecule has 1 heterocycles. The summed E-state index contributed by atoms with van der Waals surface area (Å²) in [6, 6.07) is 7.12.